The number of carbonyl (C=O) groups is 3. The van der Waals surface area contributed by atoms with E-state index in [-0.39, 0.29) is 23.8 Å². The molecule has 3 saturated heterocycles. The Morgan fingerprint density at radius 2 is 1.65 bits per heavy atom. The summed E-state index contributed by atoms with van der Waals surface area (Å²) >= 11 is 0. The Balaban J connectivity index is 0.849. The van der Waals surface area contributed by atoms with Crippen molar-refractivity contribution in [1.82, 2.24) is 40.1 Å². The van der Waals surface area contributed by atoms with Crippen LogP contribution in [0.2, 0.25) is 0 Å². The zero-order valence-electron chi connectivity index (χ0n) is 30.7. The fourth-order valence-corrected chi connectivity index (χ4v) is 7.99. The Hall–Kier alpha value is -5.90. The highest BCUT2D eigenvalue weighted by Gasteiger charge is 2.30. The lowest BCUT2D eigenvalue weighted by Crippen LogP contribution is -2.49. The number of carbonyl (C=O) groups excluding carboxylic acids is 3. The molecular weight excluding hydrogens is 692 g/mol. The first-order valence-corrected chi connectivity index (χ1v) is 18.3. The standard InChI is InChI=1S/C38H44N10O6/c1-44-21-28(27-20-39-42-35(27)37(44)51)24-17-31(53-2)29(32(18-24)54-3)22-45-12-14-47(15-13-45)34(50)16-23-6-9-46(10-7-23)25-4-5-26-30(19-25)41-43-36(26)48-11-8-33(49)40-38(48)52/h4-5,17-21,23H,6-16,22H2,1-3H3,(H,39,42)(H,41,43)(H,40,49,52). The topological polar surface area (TPSA) is 174 Å². The molecular formula is C38H44N10O6. The molecule has 54 heavy (non-hydrogen) atoms. The van der Waals surface area contributed by atoms with E-state index in [0.717, 1.165) is 77.7 Å². The van der Waals surface area contributed by atoms with Crippen LogP contribution in [0.15, 0.2) is 47.5 Å². The van der Waals surface area contributed by atoms with Gasteiger partial charge in [0, 0.05) is 100 Å². The number of aryl methyl sites for hydroxylation is 1. The van der Waals surface area contributed by atoms with Gasteiger partial charge in [-0.15, -0.1) is 0 Å². The lowest BCUT2D eigenvalue weighted by Gasteiger charge is -2.37. The quantitative estimate of drug-likeness (QED) is 0.204. The number of nitrogens with one attached hydrogen (secondary N) is 3. The number of hydrogen-bond donors (Lipinski definition) is 3. The number of rotatable bonds is 9. The van der Waals surface area contributed by atoms with Crippen LogP contribution in [0.1, 0.15) is 31.2 Å². The first kappa shape index (κ1) is 35.1. The Kier molecular flexibility index (Phi) is 9.43. The molecule has 4 amide bonds. The van der Waals surface area contributed by atoms with Gasteiger partial charge >= 0.3 is 6.03 Å². The van der Waals surface area contributed by atoms with Crippen molar-refractivity contribution < 1.29 is 23.9 Å². The number of piperazine rings is 1. The van der Waals surface area contributed by atoms with Gasteiger partial charge in [0.1, 0.15) is 17.0 Å². The number of anilines is 2. The molecule has 0 unspecified atom stereocenters. The van der Waals surface area contributed by atoms with Crippen LogP contribution in [-0.2, 0) is 23.2 Å². The highest BCUT2D eigenvalue weighted by molar-refractivity contribution is 6.09. The fourth-order valence-electron chi connectivity index (χ4n) is 7.99. The number of fused-ring (bicyclic) bond motifs is 2. The van der Waals surface area contributed by atoms with Crippen molar-refractivity contribution in [2.45, 2.75) is 32.2 Å². The van der Waals surface area contributed by atoms with Crippen LogP contribution in [-0.4, -0.2) is 113 Å². The number of ether oxygens (including phenoxy) is 2. The van der Waals surface area contributed by atoms with Gasteiger partial charge in [-0.3, -0.25) is 39.7 Å². The molecule has 0 spiro atoms. The number of amides is 4. The summed E-state index contributed by atoms with van der Waals surface area (Å²) in [6.07, 6.45) is 6.12. The molecule has 0 bridgehead atoms. The number of urea groups is 1. The molecule has 0 saturated carbocycles. The van der Waals surface area contributed by atoms with Crippen LogP contribution >= 0.6 is 0 Å². The van der Waals surface area contributed by atoms with Crippen LogP contribution < -0.4 is 30.1 Å². The van der Waals surface area contributed by atoms with Gasteiger partial charge in [0.15, 0.2) is 5.82 Å². The second-order valence-corrected chi connectivity index (χ2v) is 14.3. The van der Waals surface area contributed by atoms with Gasteiger partial charge in [-0.2, -0.15) is 10.2 Å². The molecule has 0 radical (unpaired) electrons. The molecule has 3 N–H and O–H groups in total. The van der Waals surface area contributed by atoms with Crippen molar-refractivity contribution in [1.29, 1.82) is 0 Å². The number of aromatic amines is 2. The number of aromatic nitrogens is 5. The number of H-pyrrole nitrogens is 2. The number of pyridine rings is 1. The molecule has 16 heteroatoms. The monoisotopic (exact) mass is 736 g/mol. The Bertz CT molecular complexity index is 2270. The molecule has 2 aromatic carbocycles. The van der Waals surface area contributed by atoms with E-state index in [0.29, 0.717) is 61.4 Å². The Morgan fingerprint density at radius 1 is 0.907 bits per heavy atom. The van der Waals surface area contributed by atoms with Crippen molar-refractivity contribution in [2.24, 2.45) is 13.0 Å². The molecule has 3 fully saturated rings. The van der Waals surface area contributed by atoms with Gasteiger partial charge in [0.2, 0.25) is 11.8 Å². The van der Waals surface area contributed by atoms with Gasteiger partial charge in [-0.1, -0.05) is 0 Å². The smallest absolute Gasteiger partial charge is 0.329 e. The minimum atomic E-state index is -0.456. The van der Waals surface area contributed by atoms with Gasteiger partial charge in [0.05, 0.1) is 31.5 Å². The first-order valence-electron chi connectivity index (χ1n) is 18.3. The third-order valence-corrected chi connectivity index (χ3v) is 11.1. The summed E-state index contributed by atoms with van der Waals surface area (Å²) in [6, 6.07) is 9.56. The summed E-state index contributed by atoms with van der Waals surface area (Å²) in [7, 11) is 5.01. The minimum absolute atomic E-state index is 0.144. The summed E-state index contributed by atoms with van der Waals surface area (Å²) in [5.74, 6) is 2.17. The minimum Gasteiger partial charge on any atom is -0.496 e. The Labute approximate surface area is 311 Å². The van der Waals surface area contributed by atoms with E-state index in [1.54, 1.807) is 33.7 Å². The number of benzene rings is 2. The van der Waals surface area contributed by atoms with E-state index in [4.69, 9.17) is 9.47 Å². The second-order valence-electron chi connectivity index (χ2n) is 14.3. The summed E-state index contributed by atoms with van der Waals surface area (Å²) in [5.41, 5.74) is 4.84. The van der Waals surface area contributed by atoms with E-state index < -0.39 is 6.03 Å². The molecule has 282 valence electrons. The van der Waals surface area contributed by atoms with E-state index in [9.17, 15) is 19.2 Å². The summed E-state index contributed by atoms with van der Waals surface area (Å²) in [6.45, 7) is 5.43. The predicted octanol–water partition coefficient (Wildman–Crippen LogP) is 3.22. The molecule has 3 aliphatic heterocycles. The maximum Gasteiger partial charge on any atom is 0.329 e. The molecule has 16 nitrogen and oxygen atoms in total. The molecule has 0 aliphatic carbocycles. The number of nitrogens with zero attached hydrogens (tertiary/aromatic N) is 7. The van der Waals surface area contributed by atoms with E-state index in [1.165, 1.54) is 9.47 Å². The zero-order valence-corrected chi connectivity index (χ0v) is 30.7. The van der Waals surface area contributed by atoms with Crippen molar-refractivity contribution in [3.63, 3.8) is 0 Å². The zero-order chi connectivity index (χ0) is 37.5. The van der Waals surface area contributed by atoms with E-state index >= 15 is 0 Å². The van der Waals surface area contributed by atoms with Gasteiger partial charge < -0.3 is 23.8 Å². The predicted molar refractivity (Wildman–Crippen MR) is 203 cm³/mol. The Morgan fingerprint density at radius 3 is 2.35 bits per heavy atom. The van der Waals surface area contributed by atoms with Gasteiger partial charge in [-0.05, 0) is 54.7 Å². The lowest BCUT2D eigenvalue weighted by atomic mass is 9.92. The average molecular weight is 737 g/mol. The largest absolute Gasteiger partial charge is 0.496 e. The van der Waals surface area contributed by atoms with Crippen molar-refractivity contribution >= 4 is 51.2 Å². The fraction of sp³-hybridized carbons (Fsp3) is 0.421. The average Bonchev–Trinajstić information content (AvgIpc) is 3.85. The molecule has 6 heterocycles. The second kappa shape index (κ2) is 14.5. The van der Waals surface area contributed by atoms with Crippen LogP contribution in [0.5, 0.6) is 11.5 Å². The number of hydrogen-bond acceptors (Lipinski definition) is 10. The summed E-state index contributed by atoms with van der Waals surface area (Å²) < 4.78 is 13.3. The molecule has 3 aliphatic rings. The number of piperidine rings is 1. The molecule has 0 atom stereocenters. The van der Waals surface area contributed by atoms with Crippen molar-refractivity contribution in [2.75, 3.05) is 69.8 Å². The van der Waals surface area contributed by atoms with Crippen LogP contribution in [0.3, 0.4) is 0 Å². The lowest BCUT2D eigenvalue weighted by molar-refractivity contribution is -0.134. The summed E-state index contributed by atoms with van der Waals surface area (Å²) in [4.78, 5) is 58.2. The third kappa shape index (κ3) is 6.61. The van der Waals surface area contributed by atoms with E-state index in [2.05, 4.69) is 41.6 Å². The van der Waals surface area contributed by atoms with E-state index in [1.807, 2.05) is 29.2 Å². The van der Waals surface area contributed by atoms with Gasteiger partial charge in [0.25, 0.3) is 5.56 Å². The van der Waals surface area contributed by atoms with Crippen LogP contribution in [0.25, 0.3) is 32.9 Å². The third-order valence-electron chi connectivity index (χ3n) is 11.1. The maximum absolute atomic E-state index is 13.5. The summed E-state index contributed by atoms with van der Waals surface area (Å²) in [5, 5.41) is 18.3. The van der Waals surface area contributed by atoms with Crippen molar-refractivity contribution in [3.8, 4) is 22.6 Å². The highest BCUT2D eigenvalue weighted by Crippen LogP contribution is 2.38. The van der Waals surface area contributed by atoms with Crippen LogP contribution in [0.4, 0.5) is 16.3 Å². The first-order chi connectivity index (χ1) is 26.2. The SMILES string of the molecule is COc1cc(-c2cn(C)c(=O)c3[nH]ncc23)cc(OC)c1CN1CCN(C(=O)CC2CCN(c3ccc4c(N5CCC(=O)NC5=O)n[nH]c4c3)CC2)CC1. The van der Waals surface area contributed by atoms with Gasteiger partial charge in [-0.25, -0.2) is 4.79 Å². The number of imide groups is 1. The number of methoxy groups -OCH3 is 2. The molecule has 8 rings (SSSR count). The van der Waals surface area contributed by atoms with Crippen molar-refractivity contribution in [3.05, 3.63) is 58.6 Å². The molecule has 3 aromatic heterocycles. The maximum atomic E-state index is 13.5. The highest BCUT2D eigenvalue weighted by atomic mass is 16.5. The normalized spacial score (nSPS) is 17.4. The molecule has 5 aromatic rings. The van der Waals surface area contributed by atoms with Crippen LogP contribution in [0, 0.1) is 5.92 Å².